The minimum absolute atomic E-state index is 0.468. The van der Waals surface area contributed by atoms with Crippen molar-refractivity contribution in [2.75, 3.05) is 6.54 Å². The van der Waals surface area contributed by atoms with Crippen molar-refractivity contribution in [3.63, 3.8) is 0 Å². The zero-order valence-corrected chi connectivity index (χ0v) is 11.8. The van der Waals surface area contributed by atoms with Crippen LogP contribution in [0.15, 0.2) is 35.2 Å². The Morgan fingerprint density at radius 3 is 2.44 bits per heavy atom. The highest BCUT2D eigenvalue weighted by Crippen LogP contribution is 2.47. The molecule has 1 saturated carbocycles. The molecule has 2 fully saturated rings. The van der Waals surface area contributed by atoms with Crippen molar-refractivity contribution < 1.29 is 0 Å². The Kier molecular flexibility index (Phi) is 3.95. The molecule has 1 saturated heterocycles. The van der Waals surface area contributed by atoms with E-state index in [0.29, 0.717) is 4.75 Å². The van der Waals surface area contributed by atoms with E-state index >= 15 is 0 Å². The summed E-state index contributed by atoms with van der Waals surface area (Å²) < 4.78 is 0.468. The van der Waals surface area contributed by atoms with E-state index in [1.807, 2.05) is 0 Å². The zero-order chi connectivity index (χ0) is 12.3. The molecule has 98 valence electrons. The quantitative estimate of drug-likeness (QED) is 0.873. The summed E-state index contributed by atoms with van der Waals surface area (Å²) >= 11 is 2.15. The summed E-state index contributed by atoms with van der Waals surface area (Å²) in [6.45, 7) is 1.22. The molecule has 0 aromatic heterocycles. The van der Waals surface area contributed by atoms with E-state index in [2.05, 4.69) is 47.4 Å². The maximum atomic E-state index is 3.77. The van der Waals surface area contributed by atoms with Gasteiger partial charge in [-0.3, -0.25) is 0 Å². The normalized spacial score (nSPS) is 27.2. The molecule has 0 radical (unpaired) electrons. The Labute approximate surface area is 115 Å². The number of benzene rings is 1. The lowest BCUT2D eigenvalue weighted by Crippen LogP contribution is -2.46. The van der Waals surface area contributed by atoms with Crippen molar-refractivity contribution in [3.8, 4) is 0 Å². The predicted octanol–water partition coefficient (Wildman–Crippen LogP) is 4.23. The third kappa shape index (κ3) is 2.60. The first-order valence-corrected chi connectivity index (χ1v) is 8.18. The summed E-state index contributed by atoms with van der Waals surface area (Å²) in [5, 5.41) is 3.77. The third-order valence-corrected chi connectivity index (χ3v) is 6.07. The molecule has 1 nitrogen and oxygen atoms in total. The van der Waals surface area contributed by atoms with Gasteiger partial charge in [-0.15, -0.1) is 11.8 Å². The Morgan fingerprint density at radius 2 is 1.78 bits per heavy atom. The highest BCUT2D eigenvalue weighted by molar-refractivity contribution is 8.00. The summed E-state index contributed by atoms with van der Waals surface area (Å²) in [6.07, 6.45) is 9.79. The molecule has 0 amide bonds. The van der Waals surface area contributed by atoms with Gasteiger partial charge < -0.3 is 5.32 Å². The van der Waals surface area contributed by atoms with Crippen molar-refractivity contribution in [1.82, 2.24) is 5.32 Å². The molecule has 18 heavy (non-hydrogen) atoms. The van der Waals surface area contributed by atoms with Gasteiger partial charge in [0.25, 0.3) is 0 Å². The molecule has 1 aliphatic heterocycles. The molecule has 1 atom stereocenters. The minimum Gasteiger partial charge on any atom is -0.313 e. The van der Waals surface area contributed by atoms with Crippen LogP contribution in [0.4, 0.5) is 0 Å². The van der Waals surface area contributed by atoms with E-state index in [9.17, 15) is 0 Å². The molecular formula is C16H23NS. The molecule has 2 heteroatoms. The number of hydrogen-bond donors (Lipinski definition) is 1. The minimum atomic E-state index is 0.468. The summed E-state index contributed by atoms with van der Waals surface area (Å²) in [7, 11) is 0. The van der Waals surface area contributed by atoms with Gasteiger partial charge in [0, 0.05) is 15.7 Å². The van der Waals surface area contributed by atoms with Crippen molar-refractivity contribution in [2.24, 2.45) is 0 Å². The summed E-state index contributed by atoms with van der Waals surface area (Å²) in [6, 6.07) is 11.7. The zero-order valence-electron chi connectivity index (χ0n) is 11.0. The van der Waals surface area contributed by atoms with Crippen molar-refractivity contribution in [2.45, 2.75) is 60.6 Å². The van der Waals surface area contributed by atoms with Gasteiger partial charge >= 0.3 is 0 Å². The third-order valence-electron chi connectivity index (χ3n) is 4.46. The van der Waals surface area contributed by atoms with Gasteiger partial charge in [-0.2, -0.15) is 0 Å². The van der Waals surface area contributed by atoms with Gasteiger partial charge in [-0.1, -0.05) is 37.5 Å². The van der Waals surface area contributed by atoms with E-state index in [1.165, 1.54) is 56.4 Å². The number of nitrogens with one attached hydrogen (secondary N) is 1. The summed E-state index contributed by atoms with van der Waals surface area (Å²) in [4.78, 5) is 1.45. The molecule has 2 aliphatic rings. The molecule has 0 bridgehead atoms. The monoisotopic (exact) mass is 261 g/mol. The van der Waals surface area contributed by atoms with E-state index in [4.69, 9.17) is 0 Å². The van der Waals surface area contributed by atoms with Crippen molar-refractivity contribution in [3.05, 3.63) is 30.3 Å². The molecule has 1 unspecified atom stereocenters. The van der Waals surface area contributed by atoms with Gasteiger partial charge in [0.1, 0.15) is 0 Å². The molecule has 1 aromatic carbocycles. The first-order valence-electron chi connectivity index (χ1n) is 7.37. The lowest BCUT2D eigenvalue weighted by atomic mass is 9.82. The molecule has 1 aliphatic carbocycles. The van der Waals surface area contributed by atoms with E-state index in [0.717, 1.165) is 6.04 Å². The van der Waals surface area contributed by atoms with Crippen LogP contribution < -0.4 is 5.32 Å². The second-order valence-corrected chi connectivity index (χ2v) is 7.18. The molecule has 0 spiro atoms. The Bertz CT molecular complexity index is 364. The van der Waals surface area contributed by atoms with Crippen LogP contribution in [-0.4, -0.2) is 17.3 Å². The largest absolute Gasteiger partial charge is 0.313 e. The van der Waals surface area contributed by atoms with Crippen molar-refractivity contribution >= 4 is 11.8 Å². The SMILES string of the molecule is c1ccc(SC2(C3CCCN3)CCCCC2)cc1. The average molecular weight is 261 g/mol. The van der Waals surface area contributed by atoms with E-state index < -0.39 is 0 Å². The maximum Gasteiger partial charge on any atom is 0.0360 e. The Balaban J connectivity index is 1.80. The fraction of sp³-hybridized carbons (Fsp3) is 0.625. The van der Waals surface area contributed by atoms with Crippen LogP contribution >= 0.6 is 11.8 Å². The van der Waals surface area contributed by atoms with Crippen LogP contribution in [0.1, 0.15) is 44.9 Å². The van der Waals surface area contributed by atoms with Gasteiger partial charge in [0.15, 0.2) is 0 Å². The fourth-order valence-corrected chi connectivity index (χ4v) is 5.13. The lowest BCUT2D eigenvalue weighted by Gasteiger charge is -2.41. The van der Waals surface area contributed by atoms with Crippen LogP contribution in [0.2, 0.25) is 0 Å². The predicted molar refractivity (Wildman–Crippen MR) is 79.1 cm³/mol. The second-order valence-electron chi connectivity index (χ2n) is 5.69. The second kappa shape index (κ2) is 5.66. The van der Waals surface area contributed by atoms with Crippen molar-refractivity contribution in [1.29, 1.82) is 0 Å². The first-order chi connectivity index (χ1) is 8.89. The highest BCUT2D eigenvalue weighted by atomic mass is 32.2. The molecule has 3 rings (SSSR count). The van der Waals surface area contributed by atoms with Gasteiger partial charge in [0.05, 0.1) is 0 Å². The summed E-state index contributed by atoms with van der Waals surface area (Å²) in [5.74, 6) is 0. The highest BCUT2D eigenvalue weighted by Gasteiger charge is 2.41. The molecule has 1 heterocycles. The fourth-order valence-electron chi connectivity index (χ4n) is 3.53. The van der Waals surface area contributed by atoms with Gasteiger partial charge in [0.2, 0.25) is 0 Å². The average Bonchev–Trinajstić information content (AvgIpc) is 2.95. The van der Waals surface area contributed by atoms with Crippen LogP contribution in [-0.2, 0) is 0 Å². The van der Waals surface area contributed by atoms with E-state index in [-0.39, 0.29) is 0 Å². The van der Waals surface area contributed by atoms with E-state index in [1.54, 1.807) is 0 Å². The maximum absolute atomic E-state index is 3.77. The molecular weight excluding hydrogens is 238 g/mol. The molecule has 1 aromatic rings. The Hall–Kier alpha value is -0.470. The standard InChI is InChI=1S/C16H23NS/c1-3-8-14(9-4-1)18-16(11-5-2-6-12-16)15-10-7-13-17-15/h1,3-4,8-9,15,17H,2,5-7,10-13H2. The van der Waals surface area contributed by atoms with Gasteiger partial charge in [-0.05, 0) is 44.4 Å². The molecule has 1 N–H and O–H groups in total. The lowest BCUT2D eigenvalue weighted by molar-refractivity contribution is 0.325. The number of hydrogen-bond acceptors (Lipinski definition) is 2. The number of rotatable bonds is 3. The van der Waals surface area contributed by atoms with Crippen LogP contribution in [0.3, 0.4) is 0 Å². The first kappa shape index (κ1) is 12.6. The summed E-state index contributed by atoms with van der Waals surface area (Å²) in [5.41, 5.74) is 0. The van der Waals surface area contributed by atoms with Crippen LogP contribution in [0.5, 0.6) is 0 Å². The smallest absolute Gasteiger partial charge is 0.0360 e. The number of thioether (sulfide) groups is 1. The van der Waals surface area contributed by atoms with Crippen LogP contribution in [0.25, 0.3) is 0 Å². The Morgan fingerprint density at radius 1 is 1.00 bits per heavy atom. The van der Waals surface area contributed by atoms with Gasteiger partial charge in [-0.25, -0.2) is 0 Å². The van der Waals surface area contributed by atoms with Crippen LogP contribution in [0, 0.1) is 0 Å². The topological polar surface area (TPSA) is 12.0 Å².